The summed E-state index contributed by atoms with van der Waals surface area (Å²) in [5.74, 6) is -0.581. The summed E-state index contributed by atoms with van der Waals surface area (Å²) in [4.78, 5) is 21.2. The summed E-state index contributed by atoms with van der Waals surface area (Å²) >= 11 is 1.12. The maximum Gasteiger partial charge on any atom is 0.416 e. The van der Waals surface area contributed by atoms with E-state index in [0.29, 0.717) is 60.9 Å². The van der Waals surface area contributed by atoms with Gasteiger partial charge < -0.3 is 9.47 Å². The Labute approximate surface area is 212 Å². The molecule has 3 aromatic rings. The number of alkyl halides is 6. The van der Waals surface area contributed by atoms with Gasteiger partial charge in [0, 0.05) is 31.7 Å². The van der Waals surface area contributed by atoms with Gasteiger partial charge in [-0.25, -0.2) is 4.98 Å². The molecule has 0 bridgehead atoms. The third kappa shape index (κ3) is 5.99. The van der Waals surface area contributed by atoms with Gasteiger partial charge in [-0.3, -0.25) is 14.6 Å². The van der Waals surface area contributed by atoms with E-state index in [1.165, 1.54) is 7.11 Å². The molecule has 13 heteroatoms. The molecular weight excluding hydrogens is 524 g/mol. The summed E-state index contributed by atoms with van der Waals surface area (Å²) in [6.07, 6.45) is -10.1. The van der Waals surface area contributed by atoms with E-state index in [9.17, 15) is 31.1 Å². The van der Waals surface area contributed by atoms with Crippen molar-refractivity contribution in [1.29, 1.82) is 0 Å². The van der Waals surface area contributed by atoms with E-state index < -0.39 is 35.0 Å². The average Bonchev–Trinajstić information content (AvgIpc) is 3.30. The Balaban J connectivity index is 1.79. The second-order valence-corrected chi connectivity index (χ2v) is 9.44. The number of methoxy groups -OCH3 is 1. The third-order valence-corrected chi connectivity index (χ3v) is 7.18. The molecule has 0 N–H and O–H groups in total. The van der Waals surface area contributed by atoms with Crippen LogP contribution in [0.3, 0.4) is 0 Å². The first kappa shape index (κ1) is 27.1. The quantitative estimate of drug-likeness (QED) is 0.375. The first-order valence-corrected chi connectivity index (χ1v) is 12.1. The highest BCUT2D eigenvalue weighted by atomic mass is 32.1. The minimum atomic E-state index is -5.07. The lowest BCUT2D eigenvalue weighted by atomic mass is 10.0. The molecule has 0 saturated carbocycles. The normalized spacial score (nSPS) is 15.2. The number of benzene rings is 2. The van der Waals surface area contributed by atoms with Gasteiger partial charge in [0.2, 0.25) is 0 Å². The number of aromatic nitrogens is 1. The molecule has 1 saturated heterocycles. The molecule has 1 aliphatic heterocycles. The average molecular weight is 548 g/mol. The summed E-state index contributed by atoms with van der Waals surface area (Å²) in [7, 11) is 1.45. The molecular formula is C24H23F6N3O3S. The Morgan fingerprint density at radius 3 is 2.27 bits per heavy atom. The number of nitrogens with zero attached hydrogens (tertiary/aromatic N) is 3. The standard InChI is InChI=1S/C24H23F6N3O3S/c1-14-3-4-18(35-2)19-20(14)37-22(31-19)33(6-5-32-7-9-36-10-8-32)21(34)15-11-16(23(25,26)27)13-17(12-15)24(28,29)30/h3-4,11-13H,5-10H2,1-2H3. The molecule has 37 heavy (non-hydrogen) atoms. The second-order valence-electron chi connectivity index (χ2n) is 8.46. The number of amides is 1. The Morgan fingerprint density at radius 2 is 1.70 bits per heavy atom. The highest BCUT2D eigenvalue weighted by molar-refractivity contribution is 7.22. The van der Waals surface area contributed by atoms with Crippen molar-refractivity contribution in [3.63, 3.8) is 0 Å². The highest BCUT2D eigenvalue weighted by Gasteiger charge is 2.38. The van der Waals surface area contributed by atoms with Crippen LogP contribution in [0.25, 0.3) is 10.2 Å². The molecule has 2 heterocycles. The van der Waals surface area contributed by atoms with Crippen LogP contribution in [0, 0.1) is 6.92 Å². The third-order valence-electron chi connectivity index (χ3n) is 5.97. The molecule has 0 atom stereocenters. The number of carbonyl (C=O) groups is 1. The lowest BCUT2D eigenvalue weighted by Gasteiger charge is -2.29. The van der Waals surface area contributed by atoms with Crippen LogP contribution in [0.15, 0.2) is 30.3 Å². The number of halogens is 6. The van der Waals surface area contributed by atoms with Crippen LogP contribution in [0.5, 0.6) is 5.75 Å². The number of hydrogen-bond acceptors (Lipinski definition) is 6. The fourth-order valence-electron chi connectivity index (χ4n) is 3.96. The highest BCUT2D eigenvalue weighted by Crippen LogP contribution is 2.39. The van der Waals surface area contributed by atoms with E-state index in [1.54, 1.807) is 12.1 Å². The molecule has 200 valence electrons. The predicted molar refractivity (Wildman–Crippen MR) is 126 cm³/mol. The number of fused-ring (bicyclic) bond motifs is 1. The lowest BCUT2D eigenvalue weighted by Crippen LogP contribution is -2.43. The van der Waals surface area contributed by atoms with E-state index in [4.69, 9.17) is 9.47 Å². The molecule has 4 rings (SSSR count). The maximum atomic E-state index is 13.6. The number of ether oxygens (including phenoxy) is 2. The fraction of sp³-hybridized carbons (Fsp3) is 0.417. The van der Waals surface area contributed by atoms with Crippen molar-refractivity contribution in [2.75, 3.05) is 51.4 Å². The summed E-state index contributed by atoms with van der Waals surface area (Å²) in [5, 5.41) is 0.145. The monoisotopic (exact) mass is 547 g/mol. The van der Waals surface area contributed by atoms with Crippen LogP contribution < -0.4 is 9.64 Å². The number of anilines is 1. The van der Waals surface area contributed by atoms with Crippen molar-refractivity contribution in [3.8, 4) is 5.75 Å². The summed E-state index contributed by atoms with van der Waals surface area (Å²) in [5.41, 5.74) is -2.56. The number of rotatable bonds is 6. The second kappa shape index (κ2) is 10.5. The molecule has 1 aromatic heterocycles. The minimum absolute atomic E-state index is 0.000758. The van der Waals surface area contributed by atoms with Gasteiger partial charge in [-0.15, -0.1) is 0 Å². The molecule has 1 aliphatic rings. The molecule has 0 unspecified atom stereocenters. The summed E-state index contributed by atoms with van der Waals surface area (Å²) in [6.45, 7) is 4.27. The van der Waals surface area contributed by atoms with Gasteiger partial charge in [-0.2, -0.15) is 26.3 Å². The van der Waals surface area contributed by atoms with Crippen LogP contribution in [0.1, 0.15) is 27.0 Å². The van der Waals surface area contributed by atoms with Crippen molar-refractivity contribution in [3.05, 3.63) is 52.6 Å². The lowest BCUT2D eigenvalue weighted by molar-refractivity contribution is -0.143. The zero-order valence-electron chi connectivity index (χ0n) is 19.9. The topological polar surface area (TPSA) is 54.9 Å². The van der Waals surface area contributed by atoms with Gasteiger partial charge in [0.1, 0.15) is 11.3 Å². The van der Waals surface area contributed by atoms with E-state index in [0.717, 1.165) is 21.8 Å². The number of thiazole rings is 1. The van der Waals surface area contributed by atoms with Gasteiger partial charge in [0.25, 0.3) is 5.91 Å². The first-order chi connectivity index (χ1) is 17.4. The fourth-order valence-corrected chi connectivity index (χ4v) is 5.04. The van der Waals surface area contributed by atoms with Crippen molar-refractivity contribution < 1.29 is 40.6 Å². The largest absolute Gasteiger partial charge is 0.494 e. The Bertz CT molecular complexity index is 1250. The summed E-state index contributed by atoms with van der Waals surface area (Å²) in [6, 6.07) is 4.38. The Morgan fingerprint density at radius 1 is 1.08 bits per heavy atom. The smallest absolute Gasteiger partial charge is 0.416 e. The number of aryl methyl sites for hydroxylation is 1. The Kier molecular flexibility index (Phi) is 7.67. The van der Waals surface area contributed by atoms with E-state index >= 15 is 0 Å². The van der Waals surface area contributed by atoms with E-state index in [1.807, 2.05) is 11.8 Å². The van der Waals surface area contributed by atoms with Crippen LogP contribution in [0.4, 0.5) is 31.5 Å². The van der Waals surface area contributed by atoms with Crippen LogP contribution in [-0.2, 0) is 17.1 Å². The van der Waals surface area contributed by atoms with E-state index in [-0.39, 0.29) is 17.7 Å². The Hall–Kier alpha value is -2.90. The van der Waals surface area contributed by atoms with E-state index in [2.05, 4.69) is 4.98 Å². The zero-order valence-corrected chi connectivity index (χ0v) is 20.7. The van der Waals surface area contributed by atoms with Crippen LogP contribution in [0.2, 0.25) is 0 Å². The molecule has 0 aliphatic carbocycles. The maximum absolute atomic E-state index is 13.6. The van der Waals surface area contributed by atoms with Crippen molar-refractivity contribution in [1.82, 2.24) is 9.88 Å². The number of morpholine rings is 1. The predicted octanol–water partition coefficient (Wildman–Crippen LogP) is 5.63. The SMILES string of the molecule is COc1ccc(C)c2sc(N(CCN3CCOCC3)C(=O)c3cc(C(F)(F)F)cc(C(F)(F)F)c3)nc12. The molecule has 2 aromatic carbocycles. The summed E-state index contributed by atoms with van der Waals surface area (Å²) < 4.78 is 92.0. The van der Waals surface area contributed by atoms with Gasteiger partial charge in [0.15, 0.2) is 5.13 Å². The van der Waals surface area contributed by atoms with Crippen LogP contribution >= 0.6 is 11.3 Å². The number of carbonyl (C=O) groups excluding carboxylic acids is 1. The molecule has 1 fully saturated rings. The van der Waals surface area contributed by atoms with Crippen molar-refractivity contribution in [2.45, 2.75) is 19.3 Å². The van der Waals surface area contributed by atoms with Gasteiger partial charge in [-0.1, -0.05) is 17.4 Å². The minimum Gasteiger partial charge on any atom is -0.494 e. The van der Waals surface area contributed by atoms with Gasteiger partial charge in [0.05, 0.1) is 36.2 Å². The first-order valence-electron chi connectivity index (χ1n) is 11.2. The van der Waals surface area contributed by atoms with Gasteiger partial charge >= 0.3 is 12.4 Å². The number of hydrogen-bond donors (Lipinski definition) is 0. The molecule has 0 spiro atoms. The van der Waals surface area contributed by atoms with Gasteiger partial charge in [-0.05, 0) is 36.8 Å². The molecule has 0 radical (unpaired) electrons. The van der Waals surface area contributed by atoms with Crippen molar-refractivity contribution >= 4 is 32.6 Å². The zero-order chi connectivity index (χ0) is 27.0. The van der Waals surface area contributed by atoms with Crippen molar-refractivity contribution in [2.24, 2.45) is 0 Å². The molecule has 1 amide bonds. The molecule has 6 nitrogen and oxygen atoms in total. The van der Waals surface area contributed by atoms with Crippen LogP contribution in [-0.4, -0.2) is 62.3 Å².